The van der Waals surface area contributed by atoms with Crippen LogP contribution in [0.2, 0.25) is 0 Å². The van der Waals surface area contributed by atoms with E-state index in [1.165, 1.54) is 19.3 Å². The molecule has 1 N–H and O–H groups in total. The Kier molecular flexibility index (Phi) is 6.21. The fourth-order valence-electron chi connectivity index (χ4n) is 2.60. The predicted octanol–water partition coefficient (Wildman–Crippen LogP) is 2.21. The average molecular weight is 291 g/mol. The second-order valence-corrected chi connectivity index (χ2v) is 5.80. The van der Waals surface area contributed by atoms with Crippen molar-refractivity contribution in [1.29, 1.82) is 0 Å². The second kappa shape index (κ2) is 8.15. The van der Waals surface area contributed by atoms with E-state index in [1.807, 2.05) is 37.3 Å². The summed E-state index contributed by atoms with van der Waals surface area (Å²) in [6.07, 6.45) is 3.59. The summed E-state index contributed by atoms with van der Waals surface area (Å²) in [4.78, 5) is 14.3. The van der Waals surface area contributed by atoms with Crippen molar-refractivity contribution in [3.8, 4) is 0 Å². The molecule has 116 valence electrons. The monoisotopic (exact) mass is 291 g/mol. The van der Waals surface area contributed by atoms with Crippen molar-refractivity contribution >= 4 is 5.97 Å². The summed E-state index contributed by atoms with van der Waals surface area (Å²) in [5.74, 6) is -0.332. The first-order valence-electron chi connectivity index (χ1n) is 7.76. The summed E-state index contributed by atoms with van der Waals surface area (Å²) in [5.41, 5.74) is 1.00. The Balaban J connectivity index is 1.78. The largest absolute Gasteiger partial charge is 0.461 e. The van der Waals surface area contributed by atoms with E-state index in [9.17, 15) is 4.79 Å². The summed E-state index contributed by atoms with van der Waals surface area (Å²) in [7, 11) is 0. The Hall–Kier alpha value is -1.39. The smallest absolute Gasteiger partial charge is 0.310 e. The van der Waals surface area contributed by atoms with Crippen LogP contribution in [0.15, 0.2) is 30.3 Å². The third-order valence-electron chi connectivity index (χ3n) is 4.11. The maximum atomic E-state index is 12.1. The number of hydrogen-bond donors (Lipinski definition) is 1. The van der Waals surface area contributed by atoms with Crippen LogP contribution in [0.5, 0.6) is 0 Å². The molecule has 1 aromatic carbocycles. The van der Waals surface area contributed by atoms with Gasteiger partial charge in [0.05, 0.1) is 12.5 Å². The summed E-state index contributed by atoms with van der Waals surface area (Å²) >= 11 is 0. The molecular formula is C17H25NO3. The Morgan fingerprint density at radius 1 is 1.38 bits per heavy atom. The SMILES string of the molecule is CC(CN(CCO)C1CCC1)C(=O)OCc1ccccc1. The molecule has 0 amide bonds. The van der Waals surface area contributed by atoms with E-state index in [0.717, 1.165) is 5.56 Å². The van der Waals surface area contributed by atoms with Gasteiger partial charge in [0.15, 0.2) is 0 Å². The van der Waals surface area contributed by atoms with Crippen LogP contribution in [0.25, 0.3) is 0 Å². The van der Waals surface area contributed by atoms with Crippen LogP contribution in [-0.2, 0) is 16.1 Å². The Labute approximate surface area is 126 Å². The first-order valence-corrected chi connectivity index (χ1v) is 7.76. The van der Waals surface area contributed by atoms with Gasteiger partial charge < -0.3 is 9.84 Å². The van der Waals surface area contributed by atoms with Crippen LogP contribution < -0.4 is 0 Å². The molecule has 0 heterocycles. The molecule has 1 saturated carbocycles. The molecule has 2 rings (SSSR count). The van der Waals surface area contributed by atoms with Gasteiger partial charge in [-0.3, -0.25) is 9.69 Å². The molecular weight excluding hydrogens is 266 g/mol. The number of nitrogens with zero attached hydrogens (tertiary/aromatic N) is 1. The minimum absolute atomic E-state index is 0.141. The molecule has 0 saturated heterocycles. The van der Waals surface area contributed by atoms with Crippen molar-refractivity contribution in [3.63, 3.8) is 0 Å². The lowest BCUT2D eigenvalue weighted by molar-refractivity contribution is -0.150. The molecule has 4 heteroatoms. The molecule has 0 aliphatic heterocycles. The number of carbonyl (C=O) groups is 1. The fourth-order valence-corrected chi connectivity index (χ4v) is 2.60. The minimum Gasteiger partial charge on any atom is -0.461 e. The maximum absolute atomic E-state index is 12.1. The van der Waals surface area contributed by atoms with E-state index in [-0.39, 0.29) is 18.5 Å². The molecule has 4 nitrogen and oxygen atoms in total. The number of esters is 1. The van der Waals surface area contributed by atoms with Crippen molar-refractivity contribution in [2.45, 2.75) is 38.8 Å². The average Bonchev–Trinajstić information content (AvgIpc) is 2.44. The minimum atomic E-state index is -0.166. The zero-order valence-corrected chi connectivity index (χ0v) is 12.7. The van der Waals surface area contributed by atoms with Crippen LogP contribution in [0.3, 0.4) is 0 Å². The van der Waals surface area contributed by atoms with Gasteiger partial charge in [-0.1, -0.05) is 43.7 Å². The highest BCUT2D eigenvalue weighted by Gasteiger charge is 2.27. The first-order chi connectivity index (χ1) is 10.2. The number of hydrogen-bond acceptors (Lipinski definition) is 4. The number of ether oxygens (including phenoxy) is 1. The molecule has 0 aromatic heterocycles. The number of aliphatic hydroxyl groups is 1. The summed E-state index contributed by atoms with van der Waals surface area (Å²) < 4.78 is 5.37. The second-order valence-electron chi connectivity index (χ2n) is 5.80. The van der Waals surface area contributed by atoms with Crippen molar-refractivity contribution in [1.82, 2.24) is 4.90 Å². The summed E-state index contributed by atoms with van der Waals surface area (Å²) in [5, 5.41) is 9.15. The van der Waals surface area contributed by atoms with Gasteiger partial charge in [0.25, 0.3) is 0 Å². The lowest BCUT2D eigenvalue weighted by atomic mass is 9.91. The molecule has 0 spiro atoms. The van der Waals surface area contributed by atoms with Crippen LogP contribution in [0.4, 0.5) is 0 Å². The van der Waals surface area contributed by atoms with Crippen molar-refractivity contribution < 1.29 is 14.6 Å². The predicted molar refractivity (Wildman–Crippen MR) is 81.7 cm³/mol. The molecule has 21 heavy (non-hydrogen) atoms. The number of carbonyl (C=O) groups excluding carboxylic acids is 1. The van der Waals surface area contributed by atoms with Gasteiger partial charge in [0, 0.05) is 19.1 Å². The van der Waals surface area contributed by atoms with Gasteiger partial charge in [0.2, 0.25) is 0 Å². The molecule has 1 unspecified atom stereocenters. The Morgan fingerprint density at radius 2 is 2.10 bits per heavy atom. The highest BCUT2D eigenvalue weighted by Crippen LogP contribution is 2.25. The van der Waals surface area contributed by atoms with E-state index < -0.39 is 0 Å². The third-order valence-corrected chi connectivity index (χ3v) is 4.11. The van der Waals surface area contributed by atoms with E-state index in [0.29, 0.717) is 25.7 Å². The van der Waals surface area contributed by atoms with Crippen molar-refractivity contribution in [3.05, 3.63) is 35.9 Å². The zero-order chi connectivity index (χ0) is 15.1. The van der Waals surface area contributed by atoms with Gasteiger partial charge in [-0.25, -0.2) is 0 Å². The van der Waals surface area contributed by atoms with E-state index >= 15 is 0 Å². The molecule has 1 atom stereocenters. The molecule has 0 radical (unpaired) electrons. The molecule has 1 aliphatic carbocycles. The van der Waals surface area contributed by atoms with Gasteiger partial charge in [0.1, 0.15) is 6.61 Å². The molecule has 1 aromatic rings. The number of benzene rings is 1. The van der Waals surface area contributed by atoms with Crippen LogP contribution >= 0.6 is 0 Å². The fraction of sp³-hybridized carbons (Fsp3) is 0.588. The van der Waals surface area contributed by atoms with Crippen molar-refractivity contribution in [2.24, 2.45) is 5.92 Å². The number of rotatable bonds is 8. The quantitative estimate of drug-likeness (QED) is 0.746. The summed E-state index contributed by atoms with van der Waals surface area (Å²) in [6, 6.07) is 10.2. The lowest BCUT2D eigenvalue weighted by Crippen LogP contribution is -2.45. The van der Waals surface area contributed by atoms with E-state index in [1.54, 1.807) is 0 Å². The highest BCUT2D eigenvalue weighted by atomic mass is 16.5. The van der Waals surface area contributed by atoms with Gasteiger partial charge in [-0.05, 0) is 18.4 Å². The summed E-state index contributed by atoms with van der Waals surface area (Å²) in [6.45, 7) is 3.67. The molecule has 1 aliphatic rings. The number of aliphatic hydroxyl groups excluding tert-OH is 1. The van der Waals surface area contributed by atoms with Crippen molar-refractivity contribution in [2.75, 3.05) is 19.7 Å². The van der Waals surface area contributed by atoms with E-state index in [2.05, 4.69) is 4.90 Å². The topological polar surface area (TPSA) is 49.8 Å². The van der Waals surface area contributed by atoms with E-state index in [4.69, 9.17) is 9.84 Å². The maximum Gasteiger partial charge on any atom is 0.310 e. The van der Waals surface area contributed by atoms with Gasteiger partial charge in [-0.15, -0.1) is 0 Å². The van der Waals surface area contributed by atoms with Crippen LogP contribution in [0, 0.1) is 5.92 Å². The standard InChI is InChI=1S/C17H25NO3/c1-14(12-18(10-11-19)16-8-5-9-16)17(20)21-13-15-6-3-2-4-7-15/h2-4,6-7,14,16,19H,5,8-13H2,1H3. The van der Waals surface area contributed by atoms with Gasteiger partial charge in [-0.2, -0.15) is 0 Å². The lowest BCUT2D eigenvalue weighted by Gasteiger charge is -2.38. The molecule has 0 bridgehead atoms. The third kappa shape index (κ3) is 4.83. The normalized spacial score (nSPS) is 16.5. The Morgan fingerprint density at radius 3 is 2.67 bits per heavy atom. The Bertz CT molecular complexity index is 431. The zero-order valence-electron chi connectivity index (χ0n) is 12.7. The van der Waals surface area contributed by atoms with Gasteiger partial charge >= 0.3 is 5.97 Å². The highest BCUT2D eigenvalue weighted by molar-refractivity contribution is 5.72. The molecule has 1 fully saturated rings. The van der Waals surface area contributed by atoms with Crippen LogP contribution in [-0.4, -0.2) is 41.7 Å². The first kappa shape index (κ1) is 16.0. The van der Waals surface area contributed by atoms with Crippen LogP contribution in [0.1, 0.15) is 31.7 Å².